The van der Waals surface area contributed by atoms with Gasteiger partial charge in [-0.05, 0) is 34.2 Å². The summed E-state index contributed by atoms with van der Waals surface area (Å²) in [6.45, 7) is 0. The van der Waals surface area contributed by atoms with Crippen molar-refractivity contribution in [1.29, 1.82) is 0 Å². The highest BCUT2D eigenvalue weighted by Crippen LogP contribution is 2.36. The molecule has 0 radical (unpaired) electrons. The number of halogens is 1. The van der Waals surface area contributed by atoms with E-state index in [0.29, 0.717) is 16.3 Å². The molecule has 0 aliphatic carbocycles. The largest absolute Gasteiger partial charge is 0.465 e. The lowest BCUT2D eigenvalue weighted by atomic mass is 10.1. The van der Waals surface area contributed by atoms with Crippen molar-refractivity contribution < 1.29 is 13.9 Å². The highest BCUT2D eigenvalue weighted by Gasteiger charge is 2.22. The molecule has 2 heterocycles. The van der Waals surface area contributed by atoms with Gasteiger partial charge in [-0.15, -0.1) is 16.4 Å². The summed E-state index contributed by atoms with van der Waals surface area (Å²) in [5, 5.41) is 11.3. The van der Waals surface area contributed by atoms with Crippen molar-refractivity contribution in [3.8, 4) is 21.8 Å². The topological polar surface area (TPSA) is 69.9 Å². The highest BCUT2D eigenvalue weighted by molar-refractivity contribution is 7.17. The average molecular weight is 318 g/mol. The van der Waals surface area contributed by atoms with Gasteiger partial charge in [0.05, 0.1) is 7.11 Å². The van der Waals surface area contributed by atoms with Crippen molar-refractivity contribution in [2.75, 3.05) is 7.11 Å². The standard InChI is InChI=1S/C14H11FN4O2S/c1-19-13(16-17-18-19)10-7-11(22-12(10)14(20)21-2)8-3-5-9(15)6-4-8/h3-7H,1-2H3. The minimum Gasteiger partial charge on any atom is -0.465 e. The SMILES string of the molecule is COC(=O)c1sc(-c2ccc(F)cc2)cc1-c1nnnn1C. The fraction of sp³-hybridized carbons (Fsp3) is 0.143. The van der Waals surface area contributed by atoms with Gasteiger partial charge in [-0.2, -0.15) is 0 Å². The number of carbonyl (C=O) groups excluding carboxylic acids is 1. The molecule has 8 heteroatoms. The van der Waals surface area contributed by atoms with E-state index >= 15 is 0 Å². The van der Waals surface area contributed by atoms with E-state index in [1.807, 2.05) is 0 Å². The molecule has 0 unspecified atom stereocenters. The Balaban J connectivity index is 2.15. The second-order valence-electron chi connectivity index (χ2n) is 4.48. The van der Waals surface area contributed by atoms with Gasteiger partial charge < -0.3 is 4.74 Å². The fourth-order valence-electron chi connectivity index (χ4n) is 2.02. The predicted octanol–water partition coefficient (Wildman–Crippen LogP) is 2.53. The predicted molar refractivity (Wildman–Crippen MR) is 78.8 cm³/mol. The lowest BCUT2D eigenvalue weighted by Gasteiger charge is -1.99. The Morgan fingerprint density at radius 2 is 2.05 bits per heavy atom. The van der Waals surface area contributed by atoms with E-state index in [-0.39, 0.29) is 5.82 Å². The van der Waals surface area contributed by atoms with E-state index in [4.69, 9.17) is 4.74 Å². The zero-order valence-electron chi connectivity index (χ0n) is 11.8. The minimum absolute atomic E-state index is 0.314. The Morgan fingerprint density at radius 3 is 2.64 bits per heavy atom. The van der Waals surface area contributed by atoms with Crippen LogP contribution in [0.3, 0.4) is 0 Å². The normalized spacial score (nSPS) is 10.7. The number of hydrogen-bond acceptors (Lipinski definition) is 6. The highest BCUT2D eigenvalue weighted by atomic mass is 32.1. The van der Waals surface area contributed by atoms with Crippen LogP contribution in [-0.2, 0) is 11.8 Å². The Labute approximate surface area is 129 Å². The first kappa shape index (κ1) is 14.3. The number of benzene rings is 1. The van der Waals surface area contributed by atoms with Gasteiger partial charge in [0.1, 0.15) is 10.7 Å². The van der Waals surface area contributed by atoms with Crippen molar-refractivity contribution >= 4 is 17.3 Å². The van der Waals surface area contributed by atoms with E-state index < -0.39 is 5.97 Å². The molecular formula is C14H11FN4O2S. The number of methoxy groups -OCH3 is 1. The summed E-state index contributed by atoms with van der Waals surface area (Å²) >= 11 is 1.25. The molecule has 3 rings (SSSR count). The van der Waals surface area contributed by atoms with Gasteiger partial charge in [-0.25, -0.2) is 13.9 Å². The number of hydrogen-bond donors (Lipinski definition) is 0. The summed E-state index contributed by atoms with van der Waals surface area (Å²) < 4.78 is 19.3. The van der Waals surface area contributed by atoms with Gasteiger partial charge in [0.15, 0.2) is 5.82 Å². The van der Waals surface area contributed by atoms with Crippen LogP contribution in [0.4, 0.5) is 4.39 Å². The summed E-state index contributed by atoms with van der Waals surface area (Å²) in [7, 11) is 3.00. The van der Waals surface area contributed by atoms with Gasteiger partial charge in [0.25, 0.3) is 0 Å². The maximum absolute atomic E-state index is 13.0. The number of carbonyl (C=O) groups is 1. The number of tetrazole rings is 1. The van der Waals surface area contributed by atoms with Gasteiger partial charge in [-0.1, -0.05) is 12.1 Å². The third-order valence-corrected chi connectivity index (χ3v) is 4.26. The average Bonchev–Trinajstić information content (AvgIpc) is 3.13. The third kappa shape index (κ3) is 2.48. The lowest BCUT2D eigenvalue weighted by molar-refractivity contribution is 0.0607. The van der Waals surface area contributed by atoms with Crippen molar-refractivity contribution in [2.45, 2.75) is 0 Å². The van der Waals surface area contributed by atoms with Crippen LogP contribution < -0.4 is 0 Å². The van der Waals surface area contributed by atoms with Crippen LogP contribution in [0.2, 0.25) is 0 Å². The number of ether oxygens (including phenoxy) is 1. The van der Waals surface area contributed by atoms with Crippen molar-refractivity contribution in [3.05, 3.63) is 41.0 Å². The molecule has 0 saturated carbocycles. The number of rotatable bonds is 3. The molecule has 112 valence electrons. The van der Waals surface area contributed by atoms with E-state index in [1.54, 1.807) is 25.2 Å². The number of nitrogens with zero attached hydrogens (tertiary/aromatic N) is 4. The Morgan fingerprint density at radius 1 is 1.32 bits per heavy atom. The van der Waals surface area contributed by atoms with Crippen LogP contribution in [0.15, 0.2) is 30.3 Å². The van der Waals surface area contributed by atoms with Crippen LogP contribution >= 0.6 is 11.3 Å². The van der Waals surface area contributed by atoms with E-state index in [9.17, 15) is 9.18 Å². The summed E-state index contributed by atoms with van der Waals surface area (Å²) in [6, 6.07) is 7.85. The number of aryl methyl sites for hydroxylation is 1. The van der Waals surface area contributed by atoms with E-state index in [2.05, 4.69) is 15.5 Å². The summed E-state index contributed by atoms with van der Waals surface area (Å²) in [5.74, 6) is -0.312. The van der Waals surface area contributed by atoms with Gasteiger partial charge >= 0.3 is 5.97 Å². The Kier molecular flexibility index (Phi) is 3.68. The molecule has 0 aliphatic rings. The first-order valence-electron chi connectivity index (χ1n) is 6.31. The molecular weight excluding hydrogens is 307 g/mol. The molecule has 0 aliphatic heterocycles. The van der Waals surface area contributed by atoms with Crippen LogP contribution in [0, 0.1) is 5.82 Å². The monoisotopic (exact) mass is 318 g/mol. The Bertz CT molecular complexity index is 826. The van der Waals surface area contributed by atoms with Gasteiger partial charge in [0.2, 0.25) is 0 Å². The number of thiophene rings is 1. The van der Waals surface area contributed by atoms with Crippen molar-refractivity contribution in [3.63, 3.8) is 0 Å². The first-order chi connectivity index (χ1) is 10.6. The molecule has 1 aromatic carbocycles. The number of esters is 1. The second kappa shape index (κ2) is 5.64. The van der Waals surface area contributed by atoms with Crippen molar-refractivity contribution in [2.24, 2.45) is 7.05 Å². The molecule has 0 bridgehead atoms. The fourth-order valence-corrected chi connectivity index (χ4v) is 3.09. The molecule has 22 heavy (non-hydrogen) atoms. The lowest BCUT2D eigenvalue weighted by Crippen LogP contribution is -2.02. The van der Waals surface area contributed by atoms with E-state index in [0.717, 1.165) is 10.4 Å². The second-order valence-corrected chi connectivity index (χ2v) is 5.53. The molecule has 0 spiro atoms. The van der Waals surface area contributed by atoms with Crippen LogP contribution in [0.25, 0.3) is 21.8 Å². The summed E-state index contributed by atoms with van der Waals surface area (Å²) in [6.07, 6.45) is 0. The Hall–Kier alpha value is -2.61. The molecule has 6 nitrogen and oxygen atoms in total. The summed E-state index contributed by atoms with van der Waals surface area (Å²) in [5.41, 5.74) is 1.39. The molecule has 0 amide bonds. The van der Waals surface area contributed by atoms with Crippen LogP contribution in [0.1, 0.15) is 9.67 Å². The quantitative estimate of drug-likeness (QED) is 0.694. The molecule has 0 N–H and O–H groups in total. The zero-order valence-corrected chi connectivity index (χ0v) is 12.6. The van der Waals surface area contributed by atoms with E-state index in [1.165, 1.54) is 35.3 Å². The number of aromatic nitrogens is 4. The first-order valence-corrected chi connectivity index (χ1v) is 7.12. The smallest absolute Gasteiger partial charge is 0.348 e. The van der Waals surface area contributed by atoms with Gasteiger partial charge in [0, 0.05) is 17.5 Å². The maximum atomic E-state index is 13.0. The summed E-state index contributed by atoms with van der Waals surface area (Å²) in [4.78, 5) is 13.2. The minimum atomic E-state index is -0.462. The van der Waals surface area contributed by atoms with Crippen molar-refractivity contribution in [1.82, 2.24) is 20.2 Å². The molecule has 0 atom stereocenters. The molecule has 2 aromatic heterocycles. The third-order valence-electron chi connectivity index (χ3n) is 3.09. The van der Waals surface area contributed by atoms with Gasteiger partial charge in [-0.3, -0.25) is 0 Å². The molecule has 0 fully saturated rings. The maximum Gasteiger partial charge on any atom is 0.348 e. The molecule has 0 saturated heterocycles. The van der Waals surface area contributed by atoms with Crippen LogP contribution in [-0.4, -0.2) is 33.3 Å². The zero-order chi connectivity index (χ0) is 15.7. The van der Waals surface area contributed by atoms with Crippen LogP contribution in [0.5, 0.6) is 0 Å². The molecule has 3 aromatic rings.